The first-order valence-electron chi connectivity index (χ1n) is 13.8. The van der Waals surface area contributed by atoms with Gasteiger partial charge in [-0.2, -0.15) is 4.31 Å². The van der Waals surface area contributed by atoms with E-state index >= 15 is 0 Å². The monoisotopic (exact) mass is 570 g/mol. The van der Waals surface area contributed by atoms with Crippen LogP contribution < -0.4 is 0 Å². The fourth-order valence-electron chi connectivity index (χ4n) is 6.73. The molecule has 40 heavy (non-hydrogen) atoms. The third-order valence-electron chi connectivity index (χ3n) is 8.20. The molecule has 2 aromatic rings. The normalized spacial score (nSPS) is 26.1. The van der Waals surface area contributed by atoms with Crippen molar-refractivity contribution in [2.45, 2.75) is 81.9 Å². The maximum absolute atomic E-state index is 13.7. The number of nitrogens with zero attached hydrogens (tertiary/aromatic N) is 2. The number of ether oxygens (including phenoxy) is 2. The highest BCUT2D eigenvalue weighted by molar-refractivity contribution is 7.89. The summed E-state index contributed by atoms with van der Waals surface area (Å²) in [5.74, 6) is 1.15. The number of furan rings is 1. The molecule has 1 amide bonds. The number of hydrogen-bond donors (Lipinski definition) is 0. The number of likely N-dealkylation sites (tertiary alicyclic amines) is 1. The molecule has 2 aliphatic heterocycles. The summed E-state index contributed by atoms with van der Waals surface area (Å²) in [6, 6.07) is 9.68. The van der Waals surface area contributed by atoms with E-state index in [1.807, 2.05) is 26.8 Å². The topological polar surface area (TPSA) is 106 Å². The van der Waals surface area contributed by atoms with Crippen LogP contribution in [-0.2, 0) is 30.7 Å². The van der Waals surface area contributed by atoms with Gasteiger partial charge in [0.2, 0.25) is 10.0 Å². The highest BCUT2D eigenvalue weighted by atomic mass is 32.2. The van der Waals surface area contributed by atoms with Crippen molar-refractivity contribution in [3.05, 3.63) is 66.1 Å². The lowest BCUT2D eigenvalue weighted by Crippen LogP contribution is -2.50. The summed E-state index contributed by atoms with van der Waals surface area (Å²) >= 11 is 0. The van der Waals surface area contributed by atoms with Crippen molar-refractivity contribution in [1.29, 1.82) is 0 Å². The number of sulfonamides is 1. The van der Waals surface area contributed by atoms with E-state index in [-0.39, 0.29) is 29.4 Å². The molecule has 1 aromatic carbocycles. The highest BCUT2D eigenvalue weighted by Gasteiger charge is 2.66. The van der Waals surface area contributed by atoms with Crippen molar-refractivity contribution in [3.8, 4) is 0 Å². The van der Waals surface area contributed by atoms with Crippen LogP contribution >= 0.6 is 0 Å². The number of fused-ring (bicyclic) bond motifs is 3. The molecule has 3 aliphatic rings. The lowest BCUT2D eigenvalue weighted by atomic mass is 9.69. The number of esters is 1. The highest BCUT2D eigenvalue weighted by Crippen LogP contribution is 2.67. The molecule has 4 atom stereocenters. The summed E-state index contributed by atoms with van der Waals surface area (Å²) in [6.07, 6.45) is 3.63. The fraction of sp³-hybridized carbons (Fsp3) is 0.533. The molecular weight excluding hydrogens is 532 g/mol. The lowest BCUT2D eigenvalue weighted by Gasteiger charge is -2.44. The molecule has 0 N–H and O–H groups in total. The Labute approximate surface area is 236 Å². The van der Waals surface area contributed by atoms with Gasteiger partial charge < -0.3 is 13.9 Å². The SMILES string of the molecule is C=C[C@@H]1C[C@@]23CN(S(=O)(=O)c4ccccc4)CC[C@@H]2c2cc(CCCOC(C)=O)oc2[C@H]3N1C(=O)OC(C)(C)C. The number of piperidine rings is 1. The van der Waals surface area contributed by atoms with Gasteiger partial charge in [0, 0.05) is 31.8 Å². The van der Waals surface area contributed by atoms with Crippen LogP contribution in [0.2, 0.25) is 0 Å². The second kappa shape index (κ2) is 10.4. The minimum absolute atomic E-state index is 0.00980. The first-order chi connectivity index (χ1) is 18.9. The Balaban J connectivity index is 1.53. The Morgan fingerprint density at radius 3 is 2.60 bits per heavy atom. The van der Waals surface area contributed by atoms with Gasteiger partial charge in [0.15, 0.2) is 0 Å². The molecule has 0 bridgehead atoms. The molecule has 0 saturated carbocycles. The fourth-order valence-corrected chi connectivity index (χ4v) is 8.28. The largest absolute Gasteiger partial charge is 0.466 e. The number of benzene rings is 1. The molecular formula is C30H38N2O7S. The van der Waals surface area contributed by atoms with Crippen LogP contribution in [0.25, 0.3) is 0 Å². The standard InChI is InChI=1S/C30H38N2O7S/c1-6-21-18-30-19-31(40(35,36)23-12-8-7-9-13-23)15-14-25(30)24-17-22(11-10-16-37-20(2)33)38-26(24)27(30)32(21)28(34)39-29(3,4)5/h6-9,12-13,17,21,25,27H,1,10-11,14-16,18-19H2,2-5H3/t21-,25-,27-,30-/m1/s1. The average Bonchev–Trinajstić information content (AvgIpc) is 3.51. The number of carbonyl (C=O) groups excluding carboxylic acids is 2. The van der Waals surface area contributed by atoms with Crippen LogP contribution in [0.1, 0.15) is 76.0 Å². The van der Waals surface area contributed by atoms with E-state index in [0.717, 1.165) is 11.3 Å². The molecule has 5 rings (SSSR count). The van der Waals surface area contributed by atoms with Crippen LogP contribution in [0.3, 0.4) is 0 Å². The van der Waals surface area contributed by atoms with Gasteiger partial charge in [0.25, 0.3) is 0 Å². The molecule has 3 heterocycles. The molecule has 2 fully saturated rings. The molecule has 216 valence electrons. The van der Waals surface area contributed by atoms with E-state index in [2.05, 4.69) is 6.58 Å². The van der Waals surface area contributed by atoms with Gasteiger partial charge in [-0.25, -0.2) is 13.2 Å². The van der Waals surface area contributed by atoms with Gasteiger partial charge in [-0.1, -0.05) is 24.3 Å². The Morgan fingerprint density at radius 1 is 1.23 bits per heavy atom. The average molecular weight is 571 g/mol. The van der Waals surface area contributed by atoms with Gasteiger partial charge in [-0.15, -0.1) is 6.58 Å². The van der Waals surface area contributed by atoms with Gasteiger partial charge >= 0.3 is 12.1 Å². The lowest BCUT2D eigenvalue weighted by molar-refractivity contribution is -0.141. The first-order valence-corrected chi connectivity index (χ1v) is 15.3. The van der Waals surface area contributed by atoms with Crippen LogP contribution in [0.4, 0.5) is 4.79 Å². The third-order valence-corrected chi connectivity index (χ3v) is 10.1. The molecule has 0 unspecified atom stereocenters. The smallest absolute Gasteiger partial charge is 0.411 e. The van der Waals surface area contributed by atoms with Crippen LogP contribution in [0.15, 0.2) is 58.4 Å². The van der Waals surface area contributed by atoms with E-state index in [1.165, 1.54) is 6.92 Å². The van der Waals surface area contributed by atoms with Gasteiger partial charge in [-0.3, -0.25) is 9.69 Å². The van der Waals surface area contributed by atoms with Crippen molar-refractivity contribution in [2.75, 3.05) is 19.7 Å². The zero-order valence-corrected chi connectivity index (χ0v) is 24.4. The predicted octanol–water partition coefficient (Wildman–Crippen LogP) is 5.19. The number of hydrogen-bond acceptors (Lipinski definition) is 7. The zero-order valence-electron chi connectivity index (χ0n) is 23.6. The molecule has 10 heteroatoms. The van der Waals surface area contributed by atoms with Gasteiger partial charge in [0.1, 0.15) is 23.2 Å². The van der Waals surface area contributed by atoms with Crippen LogP contribution in [0.5, 0.6) is 0 Å². The second-order valence-electron chi connectivity index (χ2n) is 12.0. The molecule has 1 spiro atoms. The van der Waals surface area contributed by atoms with Crippen molar-refractivity contribution in [2.24, 2.45) is 5.41 Å². The Hall–Kier alpha value is -3.11. The summed E-state index contributed by atoms with van der Waals surface area (Å²) in [6.45, 7) is 11.8. The summed E-state index contributed by atoms with van der Waals surface area (Å²) in [5.41, 5.74) is -0.264. The van der Waals surface area contributed by atoms with Crippen molar-refractivity contribution in [1.82, 2.24) is 9.21 Å². The number of carbonyl (C=O) groups is 2. The third kappa shape index (κ3) is 4.96. The van der Waals surface area contributed by atoms with Gasteiger partial charge in [-0.05, 0) is 69.7 Å². The molecule has 1 aromatic heterocycles. The van der Waals surface area contributed by atoms with E-state index in [4.69, 9.17) is 13.9 Å². The van der Waals surface area contributed by atoms with E-state index < -0.39 is 33.2 Å². The Kier molecular flexibility index (Phi) is 7.37. The van der Waals surface area contributed by atoms with Crippen molar-refractivity contribution < 1.29 is 31.9 Å². The molecule has 0 radical (unpaired) electrons. The maximum atomic E-state index is 13.7. The van der Waals surface area contributed by atoms with Crippen molar-refractivity contribution in [3.63, 3.8) is 0 Å². The minimum Gasteiger partial charge on any atom is -0.466 e. The zero-order chi connectivity index (χ0) is 28.9. The molecule has 2 saturated heterocycles. The van der Waals surface area contributed by atoms with E-state index in [9.17, 15) is 18.0 Å². The van der Waals surface area contributed by atoms with E-state index in [1.54, 1.807) is 45.6 Å². The maximum Gasteiger partial charge on any atom is 0.411 e. The molecule has 9 nitrogen and oxygen atoms in total. The predicted molar refractivity (Wildman–Crippen MR) is 148 cm³/mol. The van der Waals surface area contributed by atoms with Crippen LogP contribution in [0, 0.1) is 5.41 Å². The van der Waals surface area contributed by atoms with Crippen molar-refractivity contribution >= 4 is 22.1 Å². The van der Waals surface area contributed by atoms with Crippen LogP contribution in [-0.4, -0.2) is 61.0 Å². The minimum atomic E-state index is -3.74. The summed E-state index contributed by atoms with van der Waals surface area (Å²) in [5, 5.41) is 0. The molecule has 1 aliphatic carbocycles. The second-order valence-corrected chi connectivity index (χ2v) is 13.9. The Bertz CT molecular complexity index is 1390. The number of aryl methyl sites for hydroxylation is 1. The van der Waals surface area contributed by atoms with Gasteiger partial charge in [0.05, 0.1) is 17.5 Å². The Morgan fingerprint density at radius 2 is 1.95 bits per heavy atom. The number of amides is 1. The summed E-state index contributed by atoms with van der Waals surface area (Å²) in [7, 11) is -3.74. The summed E-state index contributed by atoms with van der Waals surface area (Å²) < 4.78 is 46.4. The first kappa shape index (κ1) is 28.4. The van der Waals surface area contributed by atoms with E-state index in [0.29, 0.717) is 44.6 Å². The quantitative estimate of drug-likeness (QED) is 0.256. The number of rotatable bonds is 7. The summed E-state index contributed by atoms with van der Waals surface area (Å²) in [4.78, 5) is 26.8.